The summed E-state index contributed by atoms with van der Waals surface area (Å²) in [6.45, 7) is 1.35. The Bertz CT molecular complexity index is 598. The SMILES string of the molecule is Cc1ccc(NC(=O)[C@@H]2CC[C@H](C(=O)O)C2)cc1C(F)(F)F. The molecule has 4 nitrogen and oxygen atoms in total. The molecule has 2 rings (SSSR count). The average Bonchev–Trinajstić information content (AvgIpc) is 2.89. The molecule has 1 aliphatic carbocycles. The number of nitrogens with one attached hydrogen (secondary N) is 1. The highest BCUT2D eigenvalue weighted by Crippen LogP contribution is 2.35. The number of aliphatic carboxylic acids is 1. The van der Waals surface area contributed by atoms with Crippen LogP contribution in [0.1, 0.15) is 30.4 Å². The zero-order valence-corrected chi connectivity index (χ0v) is 11.9. The van der Waals surface area contributed by atoms with Gasteiger partial charge in [0, 0.05) is 11.6 Å². The molecule has 2 N–H and O–H groups in total. The number of alkyl halides is 3. The number of carbonyl (C=O) groups excluding carboxylic acids is 1. The molecule has 1 aromatic carbocycles. The van der Waals surface area contributed by atoms with Gasteiger partial charge in [0.15, 0.2) is 0 Å². The van der Waals surface area contributed by atoms with Gasteiger partial charge in [-0.15, -0.1) is 0 Å². The Balaban J connectivity index is 2.08. The molecule has 0 saturated heterocycles. The number of benzene rings is 1. The molecule has 7 heteroatoms. The average molecular weight is 315 g/mol. The molecule has 1 fully saturated rings. The number of aryl methyl sites for hydroxylation is 1. The molecule has 1 saturated carbocycles. The number of amides is 1. The van der Waals surface area contributed by atoms with Gasteiger partial charge in [-0.05, 0) is 43.9 Å². The summed E-state index contributed by atoms with van der Waals surface area (Å²) < 4.78 is 38.5. The lowest BCUT2D eigenvalue weighted by Crippen LogP contribution is -2.22. The van der Waals surface area contributed by atoms with E-state index in [9.17, 15) is 22.8 Å². The molecule has 0 aliphatic heterocycles. The Kier molecular flexibility index (Phi) is 4.44. The summed E-state index contributed by atoms with van der Waals surface area (Å²) in [5.74, 6) is -2.40. The van der Waals surface area contributed by atoms with Gasteiger partial charge in [-0.1, -0.05) is 6.07 Å². The molecule has 0 bridgehead atoms. The van der Waals surface area contributed by atoms with Crippen molar-refractivity contribution >= 4 is 17.6 Å². The van der Waals surface area contributed by atoms with Crippen molar-refractivity contribution in [2.75, 3.05) is 5.32 Å². The standard InChI is InChI=1S/C15H16F3NO3/c1-8-2-5-11(7-12(8)15(16,17)18)19-13(20)9-3-4-10(6-9)14(21)22/h2,5,7,9-10H,3-4,6H2,1H3,(H,19,20)(H,21,22)/t9-,10+/m1/s1. The summed E-state index contributed by atoms with van der Waals surface area (Å²) in [6, 6.07) is 3.61. The van der Waals surface area contributed by atoms with Crippen LogP contribution in [-0.4, -0.2) is 17.0 Å². The molecule has 22 heavy (non-hydrogen) atoms. The Morgan fingerprint density at radius 1 is 1.23 bits per heavy atom. The molecule has 1 aromatic rings. The van der Waals surface area contributed by atoms with E-state index in [-0.39, 0.29) is 17.7 Å². The Labute approximate surface area is 125 Å². The first kappa shape index (κ1) is 16.3. The van der Waals surface area contributed by atoms with Crippen LogP contribution in [0.15, 0.2) is 18.2 Å². The second-order valence-corrected chi connectivity index (χ2v) is 5.56. The number of carbonyl (C=O) groups is 2. The van der Waals surface area contributed by atoms with Gasteiger partial charge in [0.1, 0.15) is 0 Å². The second kappa shape index (κ2) is 5.98. The van der Waals surface area contributed by atoms with Crippen molar-refractivity contribution in [3.63, 3.8) is 0 Å². The molecule has 0 radical (unpaired) electrons. The van der Waals surface area contributed by atoms with Crippen LogP contribution < -0.4 is 5.32 Å². The van der Waals surface area contributed by atoms with Crippen molar-refractivity contribution in [3.05, 3.63) is 29.3 Å². The van der Waals surface area contributed by atoms with Crippen LogP contribution in [0, 0.1) is 18.8 Å². The van der Waals surface area contributed by atoms with E-state index in [0.29, 0.717) is 12.8 Å². The number of anilines is 1. The lowest BCUT2D eigenvalue weighted by Gasteiger charge is -2.14. The van der Waals surface area contributed by atoms with Crippen LogP contribution in [0.3, 0.4) is 0 Å². The van der Waals surface area contributed by atoms with Crippen LogP contribution in [-0.2, 0) is 15.8 Å². The molecule has 120 valence electrons. The van der Waals surface area contributed by atoms with Crippen molar-refractivity contribution in [1.82, 2.24) is 0 Å². The zero-order chi connectivity index (χ0) is 16.5. The Morgan fingerprint density at radius 3 is 2.41 bits per heavy atom. The summed E-state index contributed by atoms with van der Waals surface area (Å²) in [5, 5.41) is 11.4. The minimum Gasteiger partial charge on any atom is -0.481 e. The topological polar surface area (TPSA) is 66.4 Å². The molecule has 0 heterocycles. The van der Waals surface area contributed by atoms with Crippen molar-refractivity contribution in [2.24, 2.45) is 11.8 Å². The minimum atomic E-state index is -4.48. The summed E-state index contributed by atoms with van der Waals surface area (Å²) in [7, 11) is 0. The Morgan fingerprint density at radius 2 is 1.86 bits per heavy atom. The largest absolute Gasteiger partial charge is 0.481 e. The molecule has 0 aromatic heterocycles. The zero-order valence-electron chi connectivity index (χ0n) is 11.9. The summed E-state index contributed by atoms with van der Waals surface area (Å²) in [5.41, 5.74) is -0.640. The number of carboxylic acid groups (broad SMARTS) is 1. The van der Waals surface area contributed by atoms with E-state index >= 15 is 0 Å². The summed E-state index contributed by atoms with van der Waals surface area (Å²) >= 11 is 0. The molecule has 0 unspecified atom stereocenters. The fourth-order valence-electron chi connectivity index (χ4n) is 2.69. The first-order chi connectivity index (χ1) is 10.2. The number of rotatable bonds is 3. The summed E-state index contributed by atoms with van der Waals surface area (Å²) in [6.07, 6.45) is -3.42. The van der Waals surface area contributed by atoms with E-state index < -0.39 is 35.5 Å². The number of hydrogen-bond acceptors (Lipinski definition) is 2. The van der Waals surface area contributed by atoms with Crippen molar-refractivity contribution in [2.45, 2.75) is 32.4 Å². The van der Waals surface area contributed by atoms with Crippen molar-refractivity contribution < 1.29 is 27.9 Å². The van der Waals surface area contributed by atoms with E-state index in [4.69, 9.17) is 5.11 Å². The number of carboxylic acids is 1. The fraction of sp³-hybridized carbons (Fsp3) is 0.467. The third kappa shape index (κ3) is 3.58. The van der Waals surface area contributed by atoms with Gasteiger partial charge in [0.05, 0.1) is 11.5 Å². The van der Waals surface area contributed by atoms with Gasteiger partial charge >= 0.3 is 12.1 Å². The van der Waals surface area contributed by atoms with Crippen molar-refractivity contribution in [3.8, 4) is 0 Å². The van der Waals surface area contributed by atoms with Gasteiger partial charge in [-0.2, -0.15) is 13.2 Å². The highest BCUT2D eigenvalue weighted by Gasteiger charge is 2.35. The molecular formula is C15H16F3NO3. The first-order valence-electron chi connectivity index (χ1n) is 6.90. The monoisotopic (exact) mass is 315 g/mol. The lowest BCUT2D eigenvalue weighted by atomic mass is 10.0. The van der Waals surface area contributed by atoms with E-state index in [1.807, 2.05) is 0 Å². The fourth-order valence-corrected chi connectivity index (χ4v) is 2.69. The third-order valence-electron chi connectivity index (χ3n) is 3.96. The second-order valence-electron chi connectivity index (χ2n) is 5.56. The predicted octanol–water partition coefficient (Wildman–Crippen LogP) is 3.45. The molecule has 1 aliphatic rings. The molecular weight excluding hydrogens is 299 g/mol. The van der Waals surface area contributed by atoms with Crippen LogP contribution in [0.25, 0.3) is 0 Å². The lowest BCUT2D eigenvalue weighted by molar-refractivity contribution is -0.141. The smallest absolute Gasteiger partial charge is 0.416 e. The van der Waals surface area contributed by atoms with Gasteiger partial charge < -0.3 is 10.4 Å². The molecule has 0 spiro atoms. The van der Waals surface area contributed by atoms with Crippen LogP contribution in [0.2, 0.25) is 0 Å². The number of hydrogen-bond donors (Lipinski definition) is 2. The van der Waals surface area contributed by atoms with Crippen LogP contribution in [0.5, 0.6) is 0 Å². The maximum absolute atomic E-state index is 12.8. The maximum atomic E-state index is 12.8. The molecule has 2 atom stereocenters. The van der Waals surface area contributed by atoms with E-state index in [0.717, 1.165) is 6.07 Å². The molecule has 1 amide bonds. The highest BCUT2D eigenvalue weighted by atomic mass is 19.4. The van der Waals surface area contributed by atoms with Crippen molar-refractivity contribution in [1.29, 1.82) is 0 Å². The third-order valence-corrected chi connectivity index (χ3v) is 3.96. The predicted molar refractivity (Wildman–Crippen MR) is 73.3 cm³/mol. The first-order valence-corrected chi connectivity index (χ1v) is 6.90. The van der Waals surface area contributed by atoms with Gasteiger partial charge in [0.25, 0.3) is 0 Å². The normalized spacial score (nSPS) is 21.6. The van der Waals surface area contributed by atoms with E-state index in [2.05, 4.69) is 5.32 Å². The van der Waals surface area contributed by atoms with E-state index in [1.54, 1.807) is 0 Å². The van der Waals surface area contributed by atoms with Gasteiger partial charge in [-0.25, -0.2) is 0 Å². The van der Waals surface area contributed by atoms with Crippen LogP contribution in [0.4, 0.5) is 18.9 Å². The van der Waals surface area contributed by atoms with Gasteiger partial charge in [-0.3, -0.25) is 9.59 Å². The highest BCUT2D eigenvalue weighted by molar-refractivity contribution is 5.93. The maximum Gasteiger partial charge on any atom is 0.416 e. The Hall–Kier alpha value is -2.05. The quantitative estimate of drug-likeness (QED) is 0.898. The number of halogens is 3. The van der Waals surface area contributed by atoms with Gasteiger partial charge in [0.2, 0.25) is 5.91 Å². The van der Waals surface area contributed by atoms with E-state index in [1.165, 1.54) is 19.1 Å². The summed E-state index contributed by atoms with van der Waals surface area (Å²) in [4.78, 5) is 22.9. The minimum absolute atomic E-state index is 0.0710. The van der Waals surface area contributed by atoms with Crippen LogP contribution >= 0.6 is 0 Å².